The first-order chi connectivity index (χ1) is 15.4. The molecule has 0 saturated heterocycles. The average molecular weight is 459 g/mol. The molecule has 4 rings (SSSR count). The highest BCUT2D eigenvalue weighted by molar-refractivity contribution is 6.35. The molecular weight excluding hydrogens is 435 g/mol. The molecule has 8 heteroatoms. The van der Waals surface area contributed by atoms with Crippen LogP contribution in [0.2, 0.25) is 5.02 Å². The van der Waals surface area contributed by atoms with Gasteiger partial charge in [0.1, 0.15) is 18.5 Å². The van der Waals surface area contributed by atoms with Gasteiger partial charge in [-0.05, 0) is 48.9 Å². The monoisotopic (exact) mass is 458 g/mol. The zero-order valence-corrected chi connectivity index (χ0v) is 18.4. The Balaban J connectivity index is 1.60. The van der Waals surface area contributed by atoms with Crippen molar-refractivity contribution in [2.24, 2.45) is 0 Å². The van der Waals surface area contributed by atoms with Crippen LogP contribution in [-0.2, 0) is 29.0 Å². The number of hydrogen-bond donors (Lipinski definition) is 2. The third-order valence-electron chi connectivity index (χ3n) is 5.93. The van der Waals surface area contributed by atoms with E-state index in [0.717, 1.165) is 16.8 Å². The van der Waals surface area contributed by atoms with Gasteiger partial charge < -0.3 is 19.7 Å². The van der Waals surface area contributed by atoms with E-state index in [2.05, 4.69) is 5.32 Å². The number of ether oxygens (including phenoxy) is 1. The molecular formula is C24H24ClFN2O4. The number of rotatable bonds is 6. The molecule has 3 aromatic rings. The molecule has 0 fully saturated rings. The molecule has 32 heavy (non-hydrogen) atoms. The van der Waals surface area contributed by atoms with Crippen LogP contribution in [0.1, 0.15) is 42.6 Å². The summed E-state index contributed by atoms with van der Waals surface area (Å²) in [6.45, 7) is 1.96. The van der Waals surface area contributed by atoms with Crippen LogP contribution in [0.4, 0.5) is 9.18 Å². The maximum absolute atomic E-state index is 14.2. The number of benzene rings is 2. The number of halogens is 2. The molecule has 0 spiro atoms. The second-order valence-corrected chi connectivity index (χ2v) is 8.39. The average Bonchev–Trinajstić information content (AvgIpc) is 3.07. The van der Waals surface area contributed by atoms with Crippen molar-refractivity contribution in [3.63, 3.8) is 0 Å². The summed E-state index contributed by atoms with van der Waals surface area (Å²) in [5.74, 6) is -1.44. The Labute approximate surface area is 189 Å². The lowest BCUT2D eigenvalue weighted by Crippen LogP contribution is -2.39. The number of carbonyl (C=O) groups is 2. The number of amides is 1. The van der Waals surface area contributed by atoms with Gasteiger partial charge in [0.2, 0.25) is 0 Å². The van der Waals surface area contributed by atoms with Gasteiger partial charge in [0, 0.05) is 17.1 Å². The zero-order chi connectivity index (χ0) is 22.8. The van der Waals surface area contributed by atoms with Gasteiger partial charge in [0.25, 0.3) is 0 Å². The number of nitrogens with zero attached hydrogens (tertiary/aromatic N) is 1. The summed E-state index contributed by atoms with van der Waals surface area (Å²) in [6, 6.07) is 11.0. The molecule has 1 aromatic heterocycles. The molecule has 1 amide bonds. The quantitative estimate of drug-likeness (QED) is 0.528. The molecule has 2 aromatic carbocycles. The van der Waals surface area contributed by atoms with Crippen LogP contribution in [0.3, 0.4) is 0 Å². The van der Waals surface area contributed by atoms with Crippen molar-refractivity contribution in [3.05, 3.63) is 70.1 Å². The molecule has 2 unspecified atom stereocenters. The van der Waals surface area contributed by atoms with Crippen molar-refractivity contribution < 1.29 is 23.8 Å². The number of carbonyl (C=O) groups excluding carboxylic acids is 1. The van der Waals surface area contributed by atoms with Gasteiger partial charge in [-0.2, -0.15) is 0 Å². The van der Waals surface area contributed by atoms with E-state index in [-0.39, 0.29) is 17.7 Å². The van der Waals surface area contributed by atoms with Crippen molar-refractivity contribution in [1.82, 2.24) is 9.88 Å². The maximum Gasteiger partial charge on any atom is 0.407 e. The van der Waals surface area contributed by atoms with Crippen molar-refractivity contribution in [1.29, 1.82) is 0 Å². The highest BCUT2D eigenvalue weighted by Gasteiger charge is 2.32. The first kappa shape index (κ1) is 22.1. The van der Waals surface area contributed by atoms with Crippen LogP contribution >= 0.6 is 11.6 Å². The molecule has 2 N–H and O–H groups in total. The van der Waals surface area contributed by atoms with E-state index in [1.807, 2.05) is 30.3 Å². The minimum Gasteiger partial charge on any atom is -0.480 e. The van der Waals surface area contributed by atoms with Gasteiger partial charge in [-0.25, -0.2) is 14.0 Å². The third kappa shape index (κ3) is 4.30. The van der Waals surface area contributed by atoms with E-state index in [1.165, 1.54) is 12.1 Å². The molecule has 0 saturated carbocycles. The summed E-state index contributed by atoms with van der Waals surface area (Å²) in [5, 5.41) is 13.4. The lowest BCUT2D eigenvalue weighted by Gasteiger charge is -2.26. The van der Waals surface area contributed by atoms with Crippen molar-refractivity contribution in [2.45, 2.75) is 51.3 Å². The van der Waals surface area contributed by atoms with Gasteiger partial charge in [0.05, 0.1) is 10.5 Å². The van der Waals surface area contributed by atoms with Crippen LogP contribution in [-0.4, -0.2) is 27.8 Å². The number of alkyl carbamates (subject to hydrolysis) is 1. The largest absolute Gasteiger partial charge is 0.480 e. The van der Waals surface area contributed by atoms with Crippen molar-refractivity contribution in [2.75, 3.05) is 0 Å². The summed E-state index contributed by atoms with van der Waals surface area (Å²) in [7, 11) is 0. The predicted molar refractivity (Wildman–Crippen MR) is 119 cm³/mol. The van der Waals surface area contributed by atoms with E-state index in [1.54, 1.807) is 11.5 Å². The Morgan fingerprint density at radius 3 is 2.75 bits per heavy atom. The number of carboxylic acids is 1. The van der Waals surface area contributed by atoms with Crippen LogP contribution in [0.25, 0.3) is 10.9 Å². The first-order valence-electron chi connectivity index (χ1n) is 10.6. The number of hydrogen-bond acceptors (Lipinski definition) is 3. The number of fused-ring (bicyclic) bond motifs is 3. The number of aromatic nitrogens is 1. The van der Waals surface area contributed by atoms with Gasteiger partial charge in [-0.3, -0.25) is 0 Å². The van der Waals surface area contributed by atoms with Gasteiger partial charge in [-0.15, -0.1) is 0 Å². The molecule has 1 aliphatic rings. The topological polar surface area (TPSA) is 80.6 Å². The van der Waals surface area contributed by atoms with E-state index < -0.39 is 23.9 Å². The molecule has 6 nitrogen and oxygen atoms in total. The van der Waals surface area contributed by atoms with Gasteiger partial charge in [0.15, 0.2) is 0 Å². The Morgan fingerprint density at radius 2 is 2.06 bits per heavy atom. The normalized spacial score (nSPS) is 16.4. The van der Waals surface area contributed by atoms with E-state index >= 15 is 0 Å². The molecule has 168 valence electrons. The molecule has 2 atom stereocenters. The summed E-state index contributed by atoms with van der Waals surface area (Å²) >= 11 is 6.37. The van der Waals surface area contributed by atoms with Crippen molar-refractivity contribution >= 4 is 34.6 Å². The molecule has 0 aliphatic heterocycles. The highest BCUT2D eigenvalue weighted by Crippen LogP contribution is 2.39. The Bertz CT molecular complexity index is 1160. The van der Waals surface area contributed by atoms with E-state index in [9.17, 15) is 19.1 Å². The zero-order valence-electron chi connectivity index (χ0n) is 17.6. The van der Waals surface area contributed by atoms with Crippen LogP contribution in [0.5, 0.6) is 0 Å². The molecule has 1 heterocycles. The Morgan fingerprint density at radius 1 is 1.31 bits per heavy atom. The second kappa shape index (κ2) is 9.20. The third-order valence-corrected chi connectivity index (χ3v) is 6.22. The maximum atomic E-state index is 14.2. The fourth-order valence-corrected chi connectivity index (χ4v) is 4.80. The first-order valence-corrected chi connectivity index (χ1v) is 11.0. The number of carboxylic acid groups (broad SMARTS) is 1. The minimum absolute atomic E-state index is 0.168. The lowest BCUT2D eigenvalue weighted by atomic mass is 9.91. The van der Waals surface area contributed by atoms with Crippen molar-refractivity contribution in [3.8, 4) is 0 Å². The summed E-state index contributed by atoms with van der Waals surface area (Å²) in [4.78, 5) is 24.2. The Kier molecular flexibility index (Phi) is 6.37. The summed E-state index contributed by atoms with van der Waals surface area (Å²) in [5.41, 5.74) is 3.07. The predicted octanol–water partition coefficient (Wildman–Crippen LogP) is 5.25. The SMILES string of the molecule is CCC(C(=O)O)n1c2c(c3cc(F)cc(Cl)c31)CC(NC(=O)OCc1ccccc1)CC2. The number of aliphatic carboxylic acids is 1. The summed E-state index contributed by atoms with van der Waals surface area (Å²) < 4.78 is 21.2. The fourth-order valence-electron chi connectivity index (χ4n) is 4.50. The number of nitrogens with one attached hydrogen (secondary N) is 1. The summed E-state index contributed by atoms with van der Waals surface area (Å²) in [6.07, 6.45) is 1.43. The second-order valence-electron chi connectivity index (χ2n) is 7.99. The standard InChI is InChI=1S/C24H24ClFN2O4/c1-2-20(23(29)30)28-21-9-8-16(27-24(31)32-13-14-6-4-3-5-7-14)12-17(21)18-10-15(26)11-19(25)22(18)28/h3-7,10-11,16,20H,2,8-9,12-13H2,1H3,(H,27,31)(H,29,30). The lowest BCUT2D eigenvalue weighted by molar-refractivity contribution is -0.140. The molecule has 1 aliphatic carbocycles. The van der Waals surface area contributed by atoms with E-state index in [4.69, 9.17) is 16.3 Å². The molecule has 0 radical (unpaired) electrons. The van der Waals surface area contributed by atoms with Gasteiger partial charge in [-0.1, -0.05) is 48.9 Å². The fraction of sp³-hybridized carbons (Fsp3) is 0.333. The molecule has 0 bridgehead atoms. The van der Waals surface area contributed by atoms with Gasteiger partial charge >= 0.3 is 12.1 Å². The van der Waals surface area contributed by atoms with Crippen LogP contribution in [0, 0.1) is 5.82 Å². The van der Waals surface area contributed by atoms with Crippen LogP contribution in [0.15, 0.2) is 42.5 Å². The van der Waals surface area contributed by atoms with E-state index in [0.29, 0.717) is 36.6 Å². The smallest absolute Gasteiger partial charge is 0.407 e. The highest BCUT2D eigenvalue weighted by atomic mass is 35.5. The Hall–Kier alpha value is -3.06. The van der Waals surface area contributed by atoms with Crippen LogP contribution < -0.4 is 5.32 Å². The minimum atomic E-state index is -0.961.